The number of H-pyrrole nitrogens is 1. The standard InChI is InChI=1S/C32H35FN4O2/c1-19(2)30(26-6-4-5-7-28(26)33)34-32(38)21-10-15-29-27(16-21)31(36-35-29)20-8-13-24(14-9-20)39-25-17-22-11-12-23(18-25)37(22)3/h4-10,13-16,19,22-23,25,30H,11-12,17-18H2,1-3H3,(H,34,38)(H,35,36). The lowest BCUT2D eigenvalue weighted by atomic mass is 9.95. The van der Waals surface area contributed by atoms with Crippen molar-refractivity contribution in [1.82, 2.24) is 20.4 Å². The molecule has 3 heterocycles. The number of carbonyl (C=O) groups excluding carboxylic acids is 1. The number of ether oxygens (including phenoxy) is 1. The normalized spacial score (nSPS) is 21.8. The Morgan fingerprint density at radius 2 is 1.77 bits per heavy atom. The van der Waals surface area contributed by atoms with Gasteiger partial charge in [0, 0.05) is 34.2 Å². The lowest BCUT2D eigenvalue weighted by Gasteiger charge is -2.36. The maximum atomic E-state index is 14.5. The van der Waals surface area contributed by atoms with Gasteiger partial charge in [0.15, 0.2) is 0 Å². The number of aromatic nitrogens is 2. The predicted octanol–water partition coefficient (Wildman–Crippen LogP) is 6.50. The zero-order valence-corrected chi connectivity index (χ0v) is 22.7. The highest BCUT2D eigenvalue weighted by molar-refractivity contribution is 6.01. The minimum absolute atomic E-state index is 0.0180. The molecule has 2 saturated heterocycles. The SMILES string of the molecule is CC(C)C(NC(=O)c1ccc2[nH]nc(-c3ccc(OC4CC5CCC(C4)N5C)cc3)c2c1)c1ccccc1F. The molecule has 3 unspecified atom stereocenters. The zero-order valence-electron chi connectivity index (χ0n) is 22.7. The molecule has 6 rings (SSSR count). The molecule has 3 aromatic carbocycles. The fraction of sp³-hybridized carbons (Fsp3) is 0.375. The van der Waals surface area contributed by atoms with E-state index in [1.54, 1.807) is 24.3 Å². The molecule has 7 heteroatoms. The van der Waals surface area contributed by atoms with Gasteiger partial charge in [-0.2, -0.15) is 5.10 Å². The summed E-state index contributed by atoms with van der Waals surface area (Å²) in [5, 5.41) is 11.5. The van der Waals surface area contributed by atoms with Crippen LogP contribution < -0.4 is 10.1 Å². The molecular formula is C32H35FN4O2. The van der Waals surface area contributed by atoms with Crippen molar-refractivity contribution in [3.63, 3.8) is 0 Å². The molecule has 1 amide bonds. The Morgan fingerprint density at radius 1 is 1.05 bits per heavy atom. The third kappa shape index (κ3) is 5.03. The van der Waals surface area contributed by atoms with E-state index in [4.69, 9.17) is 4.74 Å². The second-order valence-corrected chi connectivity index (χ2v) is 11.3. The molecule has 39 heavy (non-hydrogen) atoms. The van der Waals surface area contributed by atoms with Gasteiger partial charge in [-0.15, -0.1) is 0 Å². The van der Waals surface area contributed by atoms with Gasteiger partial charge in [-0.05, 0) is 87.2 Å². The van der Waals surface area contributed by atoms with E-state index in [-0.39, 0.29) is 23.7 Å². The summed E-state index contributed by atoms with van der Waals surface area (Å²) in [6, 6.07) is 21.0. The third-order valence-corrected chi connectivity index (χ3v) is 8.50. The van der Waals surface area contributed by atoms with Crippen LogP contribution in [0.15, 0.2) is 66.7 Å². The van der Waals surface area contributed by atoms with E-state index in [1.165, 1.54) is 18.9 Å². The molecule has 2 aliphatic rings. The predicted molar refractivity (Wildman–Crippen MR) is 151 cm³/mol. The molecule has 2 bridgehead atoms. The number of piperidine rings is 1. The summed E-state index contributed by atoms with van der Waals surface area (Å²) in [5.41, 5.74) is 3.56. The van der Waals surface area contributed by atoms with Crippen molar-refractivity contribution in [1.29, 1.82) is 0 Å². The molecule has 3 atom stereocenters. The number of hydrogen-bond donors (Lipinski definition) is 2. The summed E-state index contributed by atoms with van der Waals surface area (Å²) in [6.07, 6.45) is 4.97. The van der Waals surface area contributed by atoms with Crippen LogP contribution in [-0.2, 0) is 0 Å². The fourth-order valence-electron chi connectivity index (χ4n) is 6.27. The molecule has 0 spiro atoms. The number of fused-ring (bicyclic) bond motifs is 3. The Morgan fingerprint density at radius 3 is 2.46 bits per heavy atom. The van der Waals surface area contributed by atoms with E-state index in [0.29, 0.717) is 23.2 Å². The molecule has 2 N–H and O–H groups in total. The number of benzene rings is 3. The lowest BCUT2D eigenvalue weighted by Crippen LogP contribution is -2.43. The molecular weight excluding hydrogens is 491 g/mol. The van der Waals surface area contributed by atoms with Crippen LogP contribution in [0.4, 0.5) is 4.39 Å². The average molecular weight is 527 g/mol. The van der Waals surface area contributed by atoms with Crippen molar-refractivity contribution in [3.8, 4) is 17.0 Å². The van der Waals surface area contributed by atoms with Crippen LogP contribution in [0.1, 0.15) is 61.5 Å². The quantitative estimate of drug-likeness (QED) is 0.288. The first kappa shape index (κ1) is 25.6. The first-order valence-electron chi connectivity index (χ1n) is 13.9. The van der Waals surface area contributed by atoms with Crippen LogP contribution in [0.2, 0.25) is 0 Å². The Kier molecular flexibility index (Phi) is 6.85. The summed E-state index contributed by atoms with van der Waals surface area (Å²) < 4.78 is 20.9. The summed E-state index contributed by atoms with van der Waals surface area (Å²) in [7, 11) is 2.24. The monoisotopic (exact) mass is 526 g/mol. The van der Waals surface area contributed by atoms with E-state index in [1.807, 2.05) is 50.2 Å². The summed E-state index contributed by atoms with van der Waals surface area (Å²) >= 11 is 0. The van der Waals surface area contributed by atoms with Crippen molar-refractivity contribution >= 4 is 16.8 Å². The summed E-state index contributed by atoms with van der Waals surface area (Å²) in [4.78, 5) is 15.8. The van der Waals surface area contributed by atoms with E-state index in [0.717, 1.165) is 40.8 Å². The van der Waals surface area contributed by atoms with E-state index in [2.05, 4.69) is 27.5 Å². The van der Waals surface area contributed by atoms with Gasteiger partial charge in [0.05, 0.1) is 17.3 Å². The van der Waals surface area contributed by atoms with Crippen molar-refractivity contribution in [2.75, 3.05) is 7.05 Å². The minimum Gasteiger partial charge on any atom is -0.490 e. The van der Waals surface area contributed by atoms with Gasteiger partial charge in [0.2, 0.25) is 0 Å². The smallest absolute Gasteiger partial charge is 0.251 e. The highest BCUT2D eigenvalue weighted by Gasteiger charge is 2.39. The van der Waals surface area contributed by atoms with Crippen LogP contribution in [0.5, 0.6) is 5.75 Å². The second kappa shape index (κ2) is 10.5. The topological polar surface area (TPSA) is 70.2 Å². The van der Waals surface area contributed by atoms with Gasteiger partial charge in [0.1, 0.15) is 17.7 Å². The van der Waals surface area contributed by atoms with Crippen LogP contribution in [0, 0.1) is 11.7 Å². The molecule has 202 valence electrons. The lowest BCUT2D eigenvalue weighted by molar-refractivity contribution is 0.0662. The molecule has 6 nitrogen and oxygen atoms in total. The Labute approximate surface area is 228 Å². The van der Waals surface area contributed by atoms with Gasteiger partial charge in [0.25, 0.3) is 5.91 Å². The maximum Gasteiger partial charge on any atom is 0.251 e. The summed E-state index contributed by atoms with van der Waals surface area (Å²) in [5.74, 6) is 0.325. The van der Waals surface area contributed by atoms with Gasteiger partial charge in [-0.3, -0.25) is 9.89 Å². The molecule has 2 fully saturated rings. The first-order chi connectivity index (χ1) is 18.9. The van der Waals surface area contributed by atoms with Gasteiger partial charge in [-0.1, -0.05) is 32.0 Å². The number of nitrogens with zero attached hydrogens (tertiary/aromatic N) is 2. The number of halogens is 1. The highest BCUT2D eigenvalue weighted by Crippen LogP contribution is 2.36. The first-order valence-corrected chi connectivity index (χ1v) is 13.9. The van der Waals surface area contributed by atoms with Crippen LogP contribution in [0.25, 0.3) is 22.2 Å². The van der Waals surface area contributed by atoms with Gasteiger partial charge >= 0.3 is 0 Å². The average Bonchev–Trinajstić information content (AvgIpc) is 3.43. The Balaban J connectivity index is 1.20. The minimum atomic E-state index is -0.439. The molecule has 0 radical (unpaired) electrons. The number of aromatic amines is 1. The van der Waals surface area contributed by atoms with Crippen molar-refractivity contribution < 1.29 is 13.9 Å². The second-order valence-electron chi connectivity index (χ2n) is 11.3. The molecule has 4 aromatic rings. The Bertz CT molecular complexity index is 1470. The van der Waals surface area contributed by atoms with Crippen molar-refractivity contribution in [3.05, 3.63) is 83.7 Å². The zero-order chi connectivity index (χ0) is 27.1. The Hall–Kier alpha value is -3.71. The number of carbonyl (C=O) groups is 1. The van der Waals surface area contributed by atoms with Crippen LogP contribution in [-0.4, -0.2) is 46.2 Å². The van der Waals surface area contributed by atoms with Crippen molar-refractivity contribution in [2.24, 2.45) is 5.92 Å². The molecule has 2 aliphatic heterocycles. The molecule has 0 aliphatic carbocycles. The third-order valence-electron chi connectivity index (χ3n) is 8.50. The van der Waals surface area contributed by atoms with Gasteiger partial charge < -0.3 is 15.0 Å². The van der Waals surface area contributed by atoms with Crippen LogP contribution >= 0.6 is 0 Å². The van der Waals surface area contributed by atoms with E-state index >= 15 is 0 Å². The number of rotatable bonds is 7. The molecule has 1 aromatic heterocycles. The highest BCUT2D eigenvalue weighted by atomic mass is 19.1. The number of hydrogen-bond acceptors (Lipinski definition) is 4. The fourth-order valence-corrected chi connectivity index (χ4v) is 6.27. The summed E-state index contributed by atoms with van der Waals surface area (Å²) in [6.45, 7) is 3.94. The van der Waals surface area contributed by atoms with E-state index < -0.39 is 6.04 Å². The number of nitrogens with one attached hydrogen (secondary N) is 2. The molecule has 0 saturated carbocycles. The van der Waals surface area contributed by atoms with Crippen molar-refractivity contribution in [2.45, 2.75) is 63.8 Å². The van der Waals surface area contributed by atoms with Crippen LogP contribution in [0.3, 0.4) is 0 Å². The maximum absolute atomic E-state index is 14.5. The largest absolute Gasteiger partial charge is 0.490 e. The van der Waals surface area contributed by atoms with E-state index in [9.17, 15) is 9.18 Å². The number of amides is 1. The van der Waals surface area contributed by atoms with Gasteiger partial charge in [-0.25, -0.2) is 4.39 Å².